The van der Waals surface area contributed by atoms with Gasteiger partial charge < -0.3 is 15.2 Å². The number of aliphatic hydroxyl groups is 1. The molecule has 1 amide bonds. The first-order chi connectivity index (χ1) is 12.2. The average Bonchev–Trinajstić information content (AvgIpc) is 2.87. The zero-order valence-electron chi connectivity index (χ0n) is 14.7. The summed E-state index contributed by atoms with van der Waals surface area (Å²) in [6.45, 7) is 1.16. The van der Waals surface area contributed by atoms with Crippen molar-refractivity contribution in [2.75, 3.05) is 19.8 Å². The molecule has 2 aliphatic rings. The van der Waals surface area contributed by atoms with Crippen LogP contribution in [0.5, 0.6) is 0 Å². The van der Waals surface area contributed by atoms with E-state index in [0.717, 1.165) is 37.7 Å². The number of carbonyl (C=O) groups excluding carboxylic acids is 1. The van der Waals surface area contributed by atoms with Gasteiger partial charge >= 0.3 is 0 Å². The third-order valence-electron chi connectivity index (χ3n) is 5.89. The van der Waals surface area contributed by atoms with Crippen LogP contribution in [-0.4, -0.2) is 36.9 Å². The normalized spacial score (nSPS) is 26.6. The van der Waals surface area contributed by atoms with Crippen molar-refractivity contribution in [1.82, 2.24) is 5.32 Å². The molecule has 2 atom stereocenters. The average molecular weight is 349 g/mol. The number of benzene rings is 1. The van der Waals surface area contributed by atoms with Crippen LogP contribution >= 0.6 is 0 Å². The predicted octanol–water partition coefficient (Wildman–Crippen LogP) is 2.93. The van der Waals surface area contributed by atoms with Gasteiger partial charge in [0, 0.05) is 31.8 Å². The van der Waals surface area contributed by atoms with E-state index in [1.807, 2.05) is 0 Å². The number of rotatable bonds is 4. The Morgan fingerprint density at radius 1 is 1.16 bits per heavy atom. The molecule has 2 fully saturated rings. The first-order valence-corrected chi connectivity index (χ1v) is 9.41. The third kappa shape index (κ3) is 4.04. The van der Waals surface area contributed by atoms with Crippen molar-refractivity contribution >= 4 is 5.91 Å². The number of hydrogen-bond acceptors (Lipinski definition) is 3. The first-order valence-electron chi connectivity index (χ1n) is 9.41. The summed E-state index contributed by atoms with van der Waals surface area (Å²) >= 11 is 0. The minimum Gasteiger partial charge on any atom is -0.396 e. The molecular formula is C20H28FNO3. The summed E-state index contributed by atoms with van der Waals surface area (Å²) in [5, 5.41) is 12.9. The molecule has 0 radical (unpaired) electrons. The van der Waals surface area contributed by atoms with Gasteiger partial charge in [-0.15, -0.1) is 0 Å². The Hall–Kier alpha value is -1.46. The van der Waals surface area contributed by atoms with Crippen molar-refractivity contribution in [3.8, 4) is 0 Å². The van der Waals surface area contributed by atoms with Crippen LogP contribution in [0.4, 0.5) is 4.39 Å². The summed E-state index contributed by atoms with van der Waals surface area (Å²) in [4.78, 5) is 13.3. The molecule has 25 heavy (non-hydrogen) atoms. The summed E-state index contributed by atoms with van der Waals surface area (Å²) in [5.41, 5.74) is 0.182. The van der Waals surface area contributed by atoms with Crippen LogP contribution in [-0.2, 0) is 14.9 Å². The largest absolute Gasteiger partial charge is 0.396 e. The smallest absolute Gasteiger partial charge is 0.231 e. The standard InChI is InChI=1S/C20H28FNO3/c21-17-8-6-16(7-9-17)20(10-12-25-13-11-20)19(24)22-18-5-3-1-2-4-15(18)14-23/h6-9,15,18,23H,1-5,10-14H2,(H,22,24). The lowest BCUT2D eigenvalue weighted by atomic mass is 9.73. The van der Waals surface area contributed by atoms with Gasteiger partial charge in [-0.05, 0) is 43.4 Å². The molecule has 1 saturated carbocycles. The fraction of sp³-hybridized carbons (Fsp3) is 0.650. The summed E-state index contributed by atoms with van der Waals surface area (Å²) in [6.07, 6.45) is 6.39. The van der Waals surface area contributed by atoms with E-state index in [2.05, 4.69) is 5.32 Å². The van der Waals surface area contributed by atoms with Crippen LogP contribution in [0, 0.1) is 11.7 Å². The van der Waals surface area contributed by atoms with Gasteiger partial charge in [0.15, 0.2) is 0 Å². The molecule has 0 bridgehead atoms. The van der Waals surface area contributed by atoms with Crippen LogP contribution in [0.3, 0.4) is 0 Å². The van der Waals surface area contributed by atoms with E-state index < -0.39 is 5.41 Å². The van der Waals surface area contributed by atoms with Crippen LogP contribution < -0.4 is 5.32 Å². The topological polar surface area (TPSA) is 58.6 Å². The van der Waals surface area contributed by atoms with E-state index in [1.165, 1.54) is 12.1 Å². The van der Waals surface area contributed by atoms with Gasteiger partial charge in [-0.2, -0.15) is 0 Å². The predicted molar refractivity (Wildman–Crippen MR) is 93.7 cm³/mol. The second-order valence-electron chi connectivity index (χ2n) is 7.36. The molecule has 4 nitrogen and oxygen atoms in total. The highest BCUT2D eigenvalue weighted by Crippen LogP contribution is 2.36. The van der Waals surface area contributed by atoms with Crippen LogP contribution in [0.25, 0.3) is 0 Å². The highest BCUT2D eigenvalue weighted by molar-refractivity contribution is 5.88. The number of ether oxygens (including phenoxy) is 1. The van der Waals surface area contributed by atoms with E-state index in [0.29, 0.717) is 26.1 Å². The second-order valence-corrected chi connectivity index (χ2v) is 7.36. The van der Waals surface area contributed by atoms with E-state index >= 15 is 0 Å². The Balaban J connectivity index is 1.82. The maximum absolute atomic E-state index is 13.3. The molecule has 2 N–H and O–H groups in total. The summed E-state index contributed by atoms with van der Waals surface area (Å²) < 4.78 is 18.8. The molecule has 1 heterocycles. The Bertz CT molecular complexity index is 569. The molecule has 138 valence electrons. The van der Waals surface area contributed by atoms with Crippen LogP contribution in [0.2, 0.25) is 0 Å². The van der Waals surface area contributed by atoms with Gasteiger partial charge in [0.25, 0.3) is 0 Å². The van der Waals surface area contributed by atoms with Gasteiger partial charge in [0.2, 0.25) is 5.91 Å². The molecule has 1 aromatic rings. The molecule has 5 heteroatoms. The second kappa shape index (κ2) is 8.28. The Labute approximate surface area is 148 Å². The number of nitrogens with one attached hydrogen (secondary N) is 1. The number of aliphatic hydroxyl groups excluding tert-OH is 1. The van der Waals surface area contributed by atoms with Crippen molar-refractivity contribution in [3.05, 3.63) is 35.6 Å². The minimum absolute atomic E-state index is 0.00671. The van der Waals surface area contributed by atoms with E-state index in [4.69, 9.17) is 4.74 Å². The molecule has 1 aromatic carbocycles. The molecule has 1 saturated heterocycles. The Morgan fingerprint density at radius 2 is 1.84 bits per heavy atom. The van der Waals surface area contributed by atoms with Crippen molar-refractivity contribution in [2.24, 2.45) is 5.92 Å². The lowest BCUT2D eigenvalue weighted by molar-refractivity contribution is -0.131. The fourth-order valence-electron chi connectivity index (χ4n) is 4.24. The lowest BCUT2D eigenvalue weighted by Gasteiger charge is -2.38. The zero-order chi connectivity index (χ0) is 17.7. The Kier molecular flexibility index (Phi) is 6.07. The molecule has 1 aliphatic carbocycles. The number of hydrogen-bond donors (Lipinski definition) is 2. The van der Waals surface area contributed by atoms with Crippen molar-refractivity contribution in [1.29, 1.82) is 0 Å². The quantitative estimate of drug-likeness (QED) is 0.822. The van der Waals surface area contributed by atoms with E-state index in [1.54, 1.807) is 12.1 Å². The van der Waals surface area contributed by atoms with Gasteiger partial charge in [-0.3, -0.25) is 4.79 Å². The van der Waals surface area contributed by atoms with Gasteiger partial charge in [0.05, 0.1) is 5.41 Å². The Morgan fingerprint density at radius 3 is 2.52 bits per heavy atom. The molecule has 0 aromatic heterocycles. The van der Waals surface area contributed by atoms with Gasteiger partial charge in [-0.1, -0.05) is 31.4 Å². The molecule has 3 rings (SSSR count). The summed E-state index contributed by atoms with van der Waals surface area (Å²) in [6, 6.07) is 6.29. The molecule has 2 unspecified atom stereocenters. The molecular weight excluding hydrogens is 321 g/mol. The number of amides is 1. The van der Waals surface area contributed by atoms with Gasteiger partial charge in [-0.25, -0.2) is 4.39 Å². The monoisotopic (exact) mass is 349 g/mol. The van der Waals surface area contributed by atoms with Crippen molar-refractivity contribution in [2.45, 2.75) is 56.4 Å². The van der Waals surface area contributed by atoms with Crippen molar-refractivity contribution < 1.29 is 19.0 Å². The minimum atomic E-state index is -0.668. The lowest BCUT2D eigenvalue weighted by Crippen LogP contribution is -2.52. The maximum atomic E-state index is 13.3. The van der Waals surface area contributed by atoms with Gasteiger partial charge in [0.1, 0.15) is 5.82 Å². The summed E-state index contributed by atoms with van der Waals surface area (Å²) in [7, 11) is 0. The highest BCUT2D eigenvalue weighted by Gasteiger charge is 2.43. The number of carbonyl (C=O) groups is 1. The third-order valence-corrected chi connectivity index (χ3v) is 5.89. The fourth-order valence-corrected chi connectivity index (χ4v) is 4.24. The SMILES string of the molecule is O=C(NC1CCCCCC1CO)C1(c2ccc(F)cc2)CCOCC1. The van der Waals surface area contributed by atoms with Crippen molar-refractivity contribution in [3.63, 3.8) is 0 Å². The first kappa shape index (κ1) is 18.3. The van der Waals surface area contributed by atoms with E-state index in [9.17, 15) is 14.3 Å². The van der Waals surface area contributed by atoms with Crippen LogP contribution in [0.15, 0.2) is 24.3 Å². The molecule has 0 spiro atoms. The number of halogens is 1. The van der Waals surface area contributed by atoms with E-state index in [-0.39, 0.29) is 30.3 Å². The highest BCUT2D eigenvalue weighted by atomic mass is 19.1. The zero-order valence-corrected chi connectivity index (χ0v) is 14.7. The van der Waals surface area contributed by atoms with Crippen LogP contribution in [0.1, 0.15) is 50.5 Å². The maximum Gasteiger partial charge on any atom is 0.231 e. The molecule has 1 aliphatic heterocycles. The summed E-state index contributed by atoms with van der Waals surface area (Å²) in [5.74, 6) is -0.181.